The van der Waals surface area contributed by atoms with E-state index in [1.54, 1.807) is 11.8 Å². The van der Waals surface area contributed by atoms with Crippen molar-refractivity contribution in [2.45, 2.75) is 5.22 Å². The first kappa shape index (κ1) is 22.4. The molecule has 9 heteroatoms. The standard InChI is InChI=1S/C26H21N5O3S/c1-33-21-14-12-19(13-15-21)25-28-29-26(34-25)35-17-24(32)27-23-16-22(18-8-4-2-5-9-18)30-31(23)20-10-6-3-7-11-20/h2-16H,17H2,1H3,(H,27,32). The second-order valence-electron chi connectivity index (χ2n) is 7.47. The SMILES string of the molecule is COc1ccc(-c2nnc(SCC(=O)Nc3cc(-c4ccccc4)nn3-c3ccccc3)o2)cc1. The Morgan fingerprint density at radius 2 is 1.66 bits per heavy atom. The maximum Gasteiger partial charge on any atom is 0.277 e. The third-order valence-corrected chi connectivity index (χ3v) is 5.94. The number of nitrogens with zero attached hydrogens (tertiary/aromatic N) is 4. The van der Waals surface area contributed by atoms with Gasteiger partial charge in [-0.2, -0.15) is 5.10 Å². The number of ether oxygens (including phenoxy) is 1. The molecule has 0 radical (unpaired) electrons. The van der Waals surface area contributed by atoms with Crippen LogP contribution in [-0.4, -0.2) is 38.7 Å². The minimum absolute atomic E-state index is 0.102. The number of carbonyl (C=O) groups excluding carboxylic acids is 1. The van der Waals surface area contributed by atoms with Gasteiger partial charge in [-0.05, 0) is 36.4 Å². The molecule has 2 heterocycles. The summed E-state index contributed by atoms with van der Waals surface area (Å²) >= 11 is 1.17. The molecule has 5 rings (SSSR count). The highest BCUT2D eigenvalue weighted by atomic mass is 32.2. The van der Waals surface area contributed by atoms with Gasteiger partial charge in [0.1, 0.15) is 11.6 Å². The van der Waals surface area contributed by atoms with Crippen molar-refractivity contribution < 1.29 is 13.9 Å². The molecule has 2 aromatic heterocycles. The van der Waals surface area contributed by atoms with Crippen LogP contribution in [-0.2, 0) is 4.79 Å². The van der Waals surface area contributed by atoms with E-state index in [0.29, 0.717) is 16.9 Å². The lowest BCUT2D eigenvalue weighted by molar-refractivity contribution is -0.113. The van der Waals surface area contributed by atoms with Gasteiger partial charge in [0.2, 0.25) is 11.8 Å². The topological polar surface area (TPSA) is 95.1 Å². The summed E-state index contributed by atoms with van der Waals surface area (Å²) in [4.78, 5) is 12.8. The summed E-state index contributed by atoms with van der Waals surface area (Å²) in [6.07, 6.45) is 0. The minimum Gasteiger partial charge on any atom is -0.497 e. The van der Waals surface area contributed by atoms with Crippen molar-refractivity contribution in [1.82, 2.24) is 20.0 Å². The maximum atomic E-state index is 12.8. The van der Waals surface area contributed by atoms with Crippen LogP contribution in [0.1, 0.15) is 0 Å². The molecule has 35 heavy (non-hydrogen) atoms. The smallest absolute Gasteiger partial charge is 0.277 e. The molecule has 1 N–H and O–H groups in total. The zero-order valence-electron chi connectivity index (χ0n) is 18.8. The predicted octanol–water partition coefficient (Wildman–Crippen LogP) is 5.33. The average Bonchev–Trinajstić information content (AvgIpc) is 3.56. The van der Waals surface area contributed by atoms with Crippen molar-refractivity contribution >= 4 is 23.5 Å². The van der Waals surface area contributed by atoms with Crippen LogP contribution in [0, 0.1) is 0 Å². The predicted molar refractivity (Wildman–Crippen MR) is 135 cm³/mol. The van der Waals surface area contributed by atoms with Crippen LogP contribution >= 0.6 is 11.8 Å². The highest BCUT2D eigenvalue weighted by molar-refractivity contribution is 7.99. The molecule has 0 aliphatic heterocycles. The van der Waals surface area contributed by atoms with E-state index in [-0.39, 0.29) is 11.7 Å². The van der Waals surface area contributed by atoms with E-state index < -0.39 is 0 Å². The lowest BCUT2D eigenvalue weighted by Gasteiger charge is -2.08. The number of para-hydroxylation sites is 1. The van der Waals surface area contributed by atoms with E-state index in [9.17, 15) is 4.79 Å². The molecule has 174 valence electrons. The lowest BCUT2D eigenvalue weighted by atomic mass is 10.2. The number of hydrogen-bond donors (Lipinski definition) is 1. The number of carbonyl (C=O) groups is 1. The van der Waals surface area contributed by atoms with Crippen LogP contribution < -0.4 is 10.1 Å². The molecule has 0 aliphatic carbocycles. The Labute approximate surface area is 206 Å². The number of hydrogen-bond acceptors (Lipinski definition) is 7. The Morgan fingerprint density at radius 3 is 2.37 bits per heavy atom. The molecule has 5 aromatic rings. The van der Waals surface area contributed by atoms with E-state index in [1.165, 1.54) is 11.8 Å². The zero-order valence-corrected chi connectivity index (χ0v) is 19.6. The van der Waals surface area contributed by atoms with Crippen molar-refractivity contribution in [3.05, 3.63) is 91.0 Å². The number of aromatic nitrogens is 4. The van der Waals surface area contributed by atoms with Crippen LogP contribution in [0.3, 0.4) is 0 Å². The highest BCUT2D eigenvalue weighted by Crippen LogP contribution is 2.27. The fourth-order valence-corrected chi connectivity index (χ4v) is 3.97. The Bertz CT molecular complexity index is 1420. The molecule has 3 aromatic carbocycles. The molecule has 0 spiro atoms. The third kappa shape index (κ3) is 5.25. The fraction of sp³-hybridized carbons (Fsp3) is 0.0769. The van der Waals surface area contributed by atoms with Gasteiger partial charge in [-0.3, -0.25) is 4.79 Å². The first-order valence-electron chi connectivity index (χ1n) is 10.8. The fourth-order valence-electron chi connectivity index (χ4n) is 3.41. The van der Waals surface area contributed by atoms with Crippen molar-refractivity contribution in [1.29, 1.82) is 0 Å². The van der Waals surface area contributed by atoms with Gasteiger partial charge in [-0.15, -0.1) is 10.2 Å². The second-order valence-corrected chi connectivity index (χ2v) is 8.39. The van der Waals surface area contributed by atoms with Crippen LogP contribution in [0.5, 0.6) is 5.75 Å². The Kier molecular flexibility index (Phi) is 6.58. The van der Waals surface area contributed by atoms with Gasteiger partial charge in [-0.1, -0.05) is 60.3 Å². The van der Waals surface area contributed by atoms with Crippen molar-refractivity contribution in [2.75, 3.05) is 18.2 Å². The molecule has 1 amide bonds. The molecule has 8 nitrogen and oxygen atoms in total. The molecule has 0 saturated carbocycles. The van der Waals surface area contributed by atoms with Gasteiger partial charge in [-0.25, -0.2) is 4.68 Å². The summed E-state index contributed by atoms with van der Waals surface area (Å²) in [6.45, 7) is 0. The van der Waals surface area contributed by atoms with Crippen molar-refractivity contribution in [3.63, 3.8) is 0 Å². The van der Waals surface area contributed by atoms with Gasteiger partial charge in [0, 0.05) is 17.2 Å². The van der Waals surface area contributed by atoms with Gasteiger partial charge in [0.05, 0.1) is 24.2 Å². The van der Waals surface area contributed by atoms with Crippen LogP contribution in [0.4, 0.5) is 5.82 Å². The summed E-state index contributed by atoms with van der Waals surface area (Å²) in [5, 5.41) is 16.1. The molecule has 0 saturated heterocycles. The monoisotopic (exact) mass is 483 g/mol. The van der Waals surface area contributed by atoms with Gasteiger partial charge in [0.15, 0.2) is 0 Å². The van der Waals surface area contributed by atoms with E-state index >= 15 is 0 Å². The van der Waals surface area contributed by atoms with E-state index in [1.807, 2.05) is 91.0 Å². The number of nitrogens with one attached hydrogen (secondary N) is 1. The molecule has 0 atom stereocenters. The number of thioether (sulfide) groups is 1. The Morgan fingerprint density at radius 1 is 0.943 bits per heavy atom. The lowest BCUT2D eigenvalue weighted by Crippen LogP contribution is -2.16. The van der Waals surface area contributed by atoms with E-state index in [4.69, 9.17) is 14.3 Å². The number of amides is 1. The maximum absolute atomic E-state index is 12.8. The average molecular weight is 484 g/mol. The number of methoxy groups -OCH3 is 1. The number of rotatable bonds is 8. The first-order chi connectivity index (χ1) is 17.2. The Balaban J connectivity index is 1.29. The van der Waals surface area contributed by atoms with Crippen LogP contribution in [0.2, 0.25) is 0 Å². The largest absolute Gasteiger partial charge is 0.497 e. The Hall–Kier alpha value is -4.37. The van der Waals surface area contributed by atoms with Crippen molar-refractivity contribution in [2.24, 2.45) is 0 Å². The highest BCUT2D eigenvalue weighted by Gasteiger charge is 2.16. The molecule has 0 bridgehead atoms. The zero-order chi connectivity index (χ0) is 24.0. The van der Waals surface area contributed by atoms with Gasteiger partial charge >= 0.3 is 0 Å². The summed E-state index contributed by atoms with van der Waals surface area (Å²) in [7, 11) is 1.61. The minimum atomic E-state index is -0.212. The normalized spacial score (nSPS) is 10.8. The van der Waals surface area contributed by atoms with Crippen molar-refractivity contribution in [3.8, 4) is 34.1 Å². The summed E-state index contributed by atoms with van der Waals surface area (Å²) < 4.78 is 12.6. The van der Waals surface area contributed by atoms with E-state index in [2.05, 4.69) is 15.5 Å². The van der Waals surface area contributed by atoms with Gasteiger partial charge in [0.25, 0.3) is 5.22 Å². The molecule has 0 unspecified atom stereocenters. The number of anilines is 1. The van der Waals surface area contributed by atoms with Gasteiger partial charge < -0.3 is 14.5 Å². The summed E-state index contributed by atoms with van der Waals surface area (Å²) in [5.74, 6) is 1.58. The summed E-state index contributed by atoms with van der Waals surface area (Å²) in [5.41, 5.74) is 3.34. The number of benzene rings is 3. The van der Waals surface area contributed by atoms with Crippen LogP contribution in [0.25, 0.3) is 28.4 Å². The molecule has 0 aliphatic rings. The molecular formula is C26H21N5O3S. The third-order valence-electron chi connectivity index (χ3n) is 5.12. The molecule has 0 fully saturated rings. The molecular weight excluding hydrogens is 462 g/mol. The summed E-state index contributed by atoms with van der Waals surface area (Å²) in [6, 6.07) is 28.7. The van der Waals surface area contributed by atoms with Crippen LogP contribution in [0.15, 0.2) is 101 Å². The second kappa shape index (κ2) is 10.3. The van der Waals surface area contributed by atoms with E-state index in [0.717, 1.165) is 28.3 Å². The first-order valence-corrected chi connectivity index (χ1v) is 11.8. The quantitative estimate of drug-likeness (QED) is 0.298.